The van der Waals surface area contributed by atoms with Crippen molar-refractivity contribution in [3.63, 3.8) is 0 Å². The van der Waals surface area contributed by atoms with Crippen LogP contribution in [-0.4, -0.2) is 12.6 Å². The zero-order valence-corrected chi connectivity index (χ0v) is 15.4. The van der Waals surface area contributed by atoms with Crippen molar-refractivity contribution in [2.75, 3.05) is 7.05 Å². The van der Waals surface area contributed by atoms with Gasteiger partial charge in [-0.05, 0) is 47.0 Å². The number of hydrogen-bond donors (Lipinski definition) is 1. The van der Waals surface area contributed by atoms with Crippen molar-refractivity contribution >= 4 is 35.1 Å². The first-order valence-electron chi connectivity index (χ1n) is 8.96. The van der Waals surface area contributed by atoms with Gasteiger partial charge >= 0.3 is 0 Å². The summed E-state index contributed by atoms with van der Waals surface area (Å²) in [5, 5.41) is 6.01. The topological polar surface area (TPSA) is 12.0 Å². The van der Waals surface area contributed by atoms with Gasteiger partial charge in [-0.15, -0.1) is 0 Å². The summed E-state index contributed by atoms with van der Waals surface area (Å²) in [6.07, 6.45) is 18.1. The normalized spacial score (nSPS) is 23.2. The van der Waals surface area contributed by atoms with Crippen LogP contribution in [0.5, 0.6) is 0 Å². The Hall–Kier alpha value is -2.38. The van der Waals surface area contributed by atoms with Crippen molar-refractivity contribution in [1.82, 2.24) is 5.32 Å². The number of rotatable bonds is 1. The number of nitrogens with one attached hydrogen (secondary N) is 1. The average molecular weight is 327 g/mol. The van der Waals surface area contributed by atoms with Gasteiger partial charge in [0, 0.05) is 5.41 Å². The molecule has 2 aliphatic rings. The Morgan fingerprint density at radius 1 is 0.640 bits per heavy atom. The summed E-state index contributed by atoms with van der Waals surface area (Å²) in [5.41, 5.74) is 5.17. The van der Waals surface area contributed by atoms with Crippen LogP contribution in [0.4, 0.5) is 0 Å². The van der Waals surface area contributed by atoms with Crippen molar-refractivity contribution in [3.8, 4) is 0 Å². The van der Waals surface area contributed by atoms with E-state index in [9.17, 15) is 0 Å². The molecule has 0 saturated carbocycles. The van der Waals surface area contributed by atoms with Crippen LogP contribution in [0.25, 0.3) is 35.1 Å². The van der Waals surface area contributed by atoms with Crippen molar-refractivity contribution in [1.29, 1.82) is 0 Å². The van der Waals surface area contributed by atoms with E-state index in [1.54, 1.807) is 0 Å². The Bertz CT molecular complexity index is 969. The van der Waals surface area contributed by atoms with Gasteiger partial charge in [-0.3, -0.25) is 0 Å². The molecule has 0 heterocycles. The Morgan fingerprint density at radius 3 is 1.72 bits per heavy atom. The average Bonchev–Trinajstić information content (AvgIpc) is 2.87. The first-order valence-corrected chi connectivity index (χ1v) is 8.96. The number of allylic oxidation sites excluding steroid dienone is 2. The second-order valence-corrected chi connectivity index (χ2v) is 7.92. The van der Waals surface area contributed by atoms with Crippen LogP contribution in [0.2, 0.25) is 0 Å². The van der Waals surface area contributed by atoms with Gasteiger partial charge in [-0.1, -0.05) is 86.7 Å². The lowest BCUT2D eigenvalue weighted by Crippen LogP contribution is -2.34. The molecule has 0 fully saturated rings. The lowest BCUT2D eigenvalue weighted by atomic mass is 9.92. The van der Waals surface area contributed by atoms with Gasteiger partial charge in [0.15, 0.2) is 0 Å². The maximum atomic E-state index is 3.38. The number of benzene rings is 2. The number of fused-ring (bicyclic) bond motifs is 5. The van der Waals surface area contributed by atoms with E-state index in [0.717, 1.165) is 0 Å². The molecule has 0 radical (unpaired) electrons. The predicted octanol–water partition coefficient (Wildman–Crippen LogP) is 5.92. The second kappa shape index (κ2) is 5.57. The summed E-state index contributed by atoms with van der Waals surface area (Å²) in [4.78, 5) is 0. The van der Waals surface area contributed by atoms with E-state index in [1.165, 1.54) is 33.0 Å². The molecular formula is C24H25N. The Balaban J connectivity index is 1.96. The molecule has 1 nitrogen and oxygen atoms in total. The Morgan fingerprint density at radius 2 is 1.12 bits per heavy atom. The van der Waals surface area contributed by atoms with Gasteiger partial charge in [-0.2, -0.15) is 0 Å². The van der Waals surface area contributed by atoms with Crippen LogP contribution >= 0.6 is 0 Å². The van der Waals surface area contributed by atoms with Gasteiger partial charge < -0.3 is 5.32 Å². The summed E-state index contributed by atoms with van der Waals surface area (Å²) in [7, 11) is 2.00. The maximum absolute atomic E-state index is 3.38. The van der Waals surface area contributed by atoms with E-state index in [-0.39, 0.29) is 11.0 Å². The van der Waals surface area contributed by atoms with Crippen molar-refractivity contribution < 1.29 is 0 Å². The molecule has 2 aliphatic carbocycles. The van der Waals surface area contributed by atoms with Crippen LogP contribution in [0.1, 0.15) is 43.0 Å². The second-order valence-electron chi connectivity index (χ2n) is 7.92. The molecule has 1 N–H and O–H groups in total. The zero-order valence-electron chi connectivity index (χ0n) is 15.4. The zero-order chi connectivity index (χ0) is 17.7. The van der Waals surface area contributed by atoms with Gasteiger partial charge in [0.2, 0.25) is 0 Å². The van der Waals surface area contributed by atoms with Crippen LogP contribution in [0.3, 0.4) is 0 Å². The highest BCUT2D eigenvalue weighted by Crippen LogP contribution is 2.35. The van der Waals surface area contributed by atoms with Gasteiger partial charge in [0.1, 0.15) is 0 Å². The molecule has 0 amide bonds. The molecule has 126 valence electrons. The third-order valence-corrected chi connectivity index (χ3v) is 5.47. The monoisotopic (exact) mass is 327 g/mol. The van der Waals surface area contributed by atoms with Crippen LogP contribution in [0.15, 0.2) is 48.6 Å². The first kappa shape index (κ1) is 16.1. The fraction of sp³-hybridized carbons (Fsp3) is 0.250. The molecule has 0 bridgehead atoms. The number of likely N-dealkylation sites (N-methyl/N-ethyl adjacent to an activating group) is 1. The minimum Gasteiger partial charge on any atom is -0.308 e. The predicted molar refractivity (Wildman–Crippen MR) is 111 cm³/mol. The Labute approximate surface area is 150 Å². The molecule has 0 saturated heterocycles. The summed E-state index contributed by atoms with van der Waals surface area (Å²) < 4.78 is 0. The third kappa shape index (κ3) is 2.79. The van der Waals surface area contributed by atoms with Crippen molar-refractivity contribution in [2.24, 2.45) is 5.41 Å². The molecule has 2 aromatic carbocycles. The Kier molecular flexibility index (Phi) is 3.59. The molecule has 2 aromatic rings. The van der Waals surface area contributed by atoms with E-state index in [4.69, 9.17) is 0 Å². The molecule has 25 heavy (non-hydrogen) atoms. The lowest BCUT2D eigenvalue weighted by molar-refractivity contribution is 0.593. The quantitative estimate of drug-likeness (QED) is 0.685. The number of hydrogen-bond acceptors (Lipinski definition) is 1. The fourth-order valence-corrected chi connectivity index (χ4v) is 3.55. The smallest absolute Gasteiger partial charge is 0.0525 e. The molecule has 0 spiro atoms. The van der Waals surface area contributed by atoms with Crippen molar-refractivity contribution in [3.05, 3.63) is 70.8 Å². The molecule has 1 atom stereocenters. The van der Waals surface area contributed by atoms with Crippen molar-refractivity contribution in [2.45, 2.75) is 26.3 Å². The molecule has 1 unspecified atom stereocenters. The van der Waals surface area contributed by atoms with E-state index in [2.05, 4.69) is 99.0 Å². The summed E-state index contributed by atoms with van der Waals surface area (Å²) >= 11 is 0. The highest BCUT2D eigenvalue weighted by atomic mass is 14.9. The molecule has 0 aromatic heterocycles. The highest BCUT2D eigenvalue weighted by Gasteiger charge is 2.19. The lowest BCUT2D eigenvalue weighted by Gasteiger charge is -2.19. The minimum absolute atomic E-state index is 0.0915. The SMILES string of the molecule is CNC1(C)C=Cc2ccc3c4c(ccc3c2C=C1)C=CC(C)(C)C=C4. The summed E-state index contributed by atoms with van der Waals surface area (Å²) in [6.45, 7) is 6.67. The highest BCUT2D eigenvalue weighted by molar-refractivity contribution is 6.01. The molecular weight excluding hydrogens is 302 g/mol. The molecule has 0 aliphatic heterocycles. The fourth-order valence-electron chi connectivity index (χ4n) is 3.55. The third-order valence-electron chi connectivity index (χ3n) is 5.47. The summed E-state index contributed by atoms with van der Waals surface area (Å²) in [6, 6.07) is 9.03. The van der Waals surface area contributed by atoms with E-state index in [0.29, 0.717) is 0 Å². The van der Waals surface area contributed by atoms with Crippen LogP contribution < -0.4 is 5.32 Å². The summed E-state index contributed by atoms with van der Waals surface area (Å²) in [5.74, 6) is 0. The maximum Gasteiger partial charge on any atom is 0.0525 e. The van der Waals surface area contributed by atoms with Gasteiger partial charge in [0.05, 0.1) is 5.54 Å². The molecule has 1 heteroatoms. The van der Waals surface area contributed by atoms with E-state index < -0.39 is 0 Å². The van der Waals surface area contributed by atoms with Crippen LogP contribution in [0, 0.1) is 5.41 Å². The first-order chi connectivity index (χ1) is 11.9. The van der Waals surface area contributed by atoms with Gasteiger partial charge in [0.25, 0.3) is 0 Å². The minimum atomic E-state index is -0.107. The van der Waals surface area contributed by atoms with Crippen LogP contribution in [-0.2, 0) is 0 Å². The molecule has 4 rings (SSSR count). The largest absolute Gasteiger partial charge is 0.308 e. The standard InChI is InChI=1S/C24H25N/c1-23(2)13-9-17-5-7-22-20-12-16-24(3,25-4)15-10-18(20)6-8-21(22)19(17)11-14-23/h5-16,25H,1-4H3. The van der Waals surface area contributed by atoms with E-state index in [1.807, 2.05) is 7.05 Å². The van der Waals surface area contributed by atoms with E-state index >= 15 is 0 Å². The van der Waals surface area contributed by atoms with Gasteiger partial charge in [-0.25, -0.2) is 0 Å².